The van der Waals surface area contributed by atoms with E-state index in [-0.39, 0.29) is 24.9 Å². The van der Waals surface area contributed by atoms with E-state index in [2.05, 4.69) is 38.2 Å². The Bertz CT molecular complexity index is 847. The maximum absolute atomic E-state index is 13.1. The summed E-state index contributed by atoms with van der Waals surface area (Å²) < 4.78 is 5.93. The minimum atomic E-state index is -0.780. The van der Waals surface area contributed by atoms with Crippen LogP contribution in [0.15, 0.2) is 12.2 Å². The molecule has 3 N–H and O–H groups in total. The molecule has 3 atom stereocenters. The van der Waals surface area contributed by atoms with E-state index >= 15 is 0 Å². The summed E-state index contributed by atoms with van der Waals surface area (Å²) in [6.45, 7) is 6.46. The van der Waals surface area contributed by atoms with Gasteiger partial charge in [-0.1, -0.05) is 219 Å². The minimum Gasteiger partial charge on any atom is -0.462 e. The average molecular weight is 792 g/mol. The second-order valence-corrected chi connectivity index (χ2v) is 17.2. The van der Waals surface area contributed by atoms with Crippen LogP contribution in [0.1, 0.15) is 271 Å². The van der Waals surface area contributed by atoms with Crippen LogP contribution in [-0.4, -0.2) is 46.9 Å². The summed E-state index contributed by atoms with van der Waals surface area (Å²) in [6, 6.07) is -0.693. The standard InChI is InChI=1S/C50H97NO5/c1-4-7-10-13-16-19-21-23-24-26-28-31-34-37-40-43-50(55)56-46(41-38-35-32-30-27-25-22-20-17-14-11-8-5-2)44-49(54)51-47(45-52)48(53)42-39-36-33-29-18-15-12-9-6-3/h19,21,46-48,52-53H,4-18,20,22-45H2,1-3H3,(H,51,54)/b21-19-. The predicted molar refractivity (Wildman–Crippen MR) is 241 cm³/mol. The van der Waals surface area contributed by atoms with Crippen LogP contribution in [-0.2, 0) is 14.3 Å². The Morgan fingerprint density at radius 1 is 0.500 bits per heavy atom. The summed E-state index contributed by atoms with van der Waals surface area (Å²) in [4.78, 5) is 26.1. The van der Waals surface area contributed by atoms with Crippen molar-refractivity contribution in [1.29, 1.82) is 0 Å². The van der Waals surface area contributed by atoms with Gasteiger partial charge in [-0.2, -0.15) is 0 Å². The fourth-order valence-electron chi connectivity index (χ4n) is 7.78. The molecule has 56 heavy (non-hydrogen) atoms. The van der Waals surface area contributed by atoms with Gasteiger partial charge in [-0.25, -0.2) is 0 Å². The first-order chi connectivity index (χ1) is 27.5. The molecule has 0 saturated carbocycles. The largest absolute Gasteiger partial charge is 0.462 e. The quantitative estimate of drug-likeness (QED) is 0.0324. The number of ether oxygens (including phenoxy) is 1. The van der Waals surface area contributed by atoms with E-state index in [1.165, 1.54) is 180 Å². The van der Waals surface area contributed by atoms with Gasteiger partial charge in [-0.15, -0.1) is 0 Å². The third-order valence-corrected chi connectivity index (χ3v) is 11.6. The number of nitrogens with one attached hydrogen (secondary N) is 1. The molecule has 0 aromatic heterocycles. The second kappa shape index (κ2) is 44.7. The van der Waals surface area contributed by atoms with Crippen LogP contribution < -0.4 is 5.32 Å². The van der Waals surface area contributed by atoms with Crippen LogP contribution in [0, 0.1) is 0 Å². The van der Waals surface area contributed by atoms with Gasteiger partial charge in [0.1, 0.15) is 6.10 Å². The first-order valence-electron chi connectivity index (χ1n) is 24.9. The topological polar surface area (TPSA) is 95.9 Å². The highest BCUT2D eigenvalue weighted by atomic mass is 16.5. The van der Waals surface area contributed by atoms with E-state index in [4.69, 9.17) is 4.74 Å². The van der Waals surface area contributed by atoms with Crippen LogP contribution in [0.5, 0.6) is 0 Å². The Morgan fingerprint density at radius 3 is 1.29 bits per heavy atom. The molecule has 0 aliphatic heterocycles. The number of carbonyl (C=O) groups excluding carboxylic acids is 2. The number of carbonyl (C=O) groups is 2. The van der Waals surface area contributed by atoms with Crippen molar-refractivity contribution in [3.8, 4) is 0 Å². The molecule has 0 aliphatic rings. The SMILES string of the molecule is CCCCCC/C=C\CCCCCCCCCC(=O)OC(CCCCCCCCCCCCCCC)CC(=O)NC(CO)C(O)CCCCCCCCCCC. The molecule has 0 bridgehead atoms. The van der Waals surface area contributed by atoms with Crippen LogP contribution >= 0.6 is 0 Å². The molecule has 0 heterocycles. The second-order valence-electron chi connectivity index (χ2n) is 17.2. The van der Waals surface area contributed by atoms with Gasteiger partial charge in [0.2, 0.25) is 5.91 Å². The summed E-state index contributed by atoms with van der Waals surface area (Å²) in [5.74, 6) is -0.465. The van der Waals surface area contributed by atoms with E-state index in [1.807, 2.05) is 0 Å². The highest BCUT2D eigenvalue weighted by Crippen LogP contribution is 2.18. The van der Waals surface area contributed by atoms with Gasteiger partial charge >= 0.3 is 5.97 Å². The first kappa shape index (κ1) is 54.6. The van der Waals surface area contributed by atoms with Crippen molar-refractivity contribution in [2.24, 2.45) is 0 Å². The van der Waals surface area contributed by atoms with Gasteiger partial charge in [-0.3, -0.25) is 9.59 Å². The van der Waals surface area contributed by atoms with E-state index in [0.717, 1.165) is 44.9 Å². The third kappa shape index (κ3) is 39.4. The molecular formula is C50H97NO5. The molecule has 332 valence electrons. The van der Waals surface area contributed by atoms with Crippen molar-refractivity contribution in [3.05, 3.63) is 12.2 Å². The number of esters is 1. The number of hydrogen-bond acceptors (Lipinski definition) is 5. The molecule has 0 fully saturated rings. The van der Waals surface area contributed by atoms with Crippen molar-refractivity contribution < 1.29 is 24.5 Å². The molecule has 0 aromatic carbocycles. The van der Waals surface area contributed by atoms with E-state index in [0.29, 0.717) is 19.3 Å². The fraction of sp³-hybridized carbons (Fsp3) is 0.920. The minimum absolute atomic E-state index is 0.0826. The van der Waals surface area contributed by atoms with Crippen molar-refractivity contribution in [2.45, 2.75) is 289 Å². The molecular weight excluding hydrogens is 695 g/mol. The fourth-order valence-corrected chi connectivity index (χ4v) is 7.78. The molecule has 0 saturated heterocycles. The van der Waals surface area contributed by atoms with Gasteiger partial charge in [0.05, 0.1) is 25.2 Å². The van der Waals surface area contributed by atoms with Crippen LogP contribution in [0.3, 0.4) is 0 Å². The zero-order chi connectivity index (χ0) is 41.0. The van der Waals surface area contributed by atoms with Crippen molar-refractivity contribution in [2.75, 3.05) is 6.61 Å². The lowest BCUT2D eigenvalue weighted by molar-refractivity contribution is -0.151. The zero-order valence-corrected chi connectivity index (χ0v) is 37.8. The smallest absolute Gasteiger partial charge is 0.306 e. The first-order valence-corrected chi connectivity index (χ1v) is 24.9. The van der Waals surface area contributed by atoms with Gasteiger partial charge in [0, 0.05) is 6.42 Å². The summed E-state index contributed by atoms with van der Waals surface area (Å²) in [5.41, 5.74) is 0. The van der Waals surface area contributed by atoms with Gasteiger partial charge in [0.15, 0.2) is 0 Å². The Kier molecular flexibility index (Phi) is 43.6. The Labute approximate surface area is 349 Å². The van der Waals surface area contributed by atoms with Gasteiger partial charge in [-0.05, 0) is 51.4 Å². The number of hydrogen-bond donors (Lipinski definition) is 3. The summed E-state index contributed by atoms with van der Waals surface area (Å²) in [5, 5.41) is 23.6. The van der Waals surface area contributed by atoms with E-state index < -0.39 is 18.2 Å². The lowest BCUT2D eigenvalue weighted by Crippen LogP contribution is -2.46. The highest BCUT2D eigenvalue weighted by molar-refractivity contribution is 5.77. The van der Waals surface area contributed by atoms with Crippen molar-refractivity contribution in [3.63, 3.8) is 0 Å². The maximum Gasteiger partial charge on any atom is 0.306 e. The van der Waals surface area contributed by atoms with Crippen LogP contribution in [0.4, 0.5) is 0 Å². The monoisotopic (exact) mass is 792 g/mol. The molecule has 0 rings (SSSR count). The summed E-state index contributed by atoms with van der Waals surface area (Å²) in [6.07, 6.45) is 48.4. The Morgan fingerprint density at radius 2 is 0.857 bits per heavy atom. The number of aliphatic hydroxyl groups excluding tert-OH is 2. The molecule has 6 nitrogen and oxygen atoms in total. The lowest BCUT2D eigenvalue weighted by atomic mass is 10.0. The summed E-state index contributed by atoms with van der Waals surface area (Å²) in [7, 11) is 0. The van der Waals surface area contributed by atoms with Crippen LogP contribution in [0.25, 0.3) is 0 Å². The Hall–Kier alpha value is -1.40. The Balaban J connectivity index is 4.54. The molecule has 0 spiro atoms. The summed E-state index contributed by atoms with van der Waals surface area (Å²) >= 11 is 0. The molecule has 3 unspecified atom stereocenters. The number of rotatable bonds is 45. The van der Waals surface area contributed by atoms with Crippen molar-refractivity contribution >= 4 is 11.9 Å². The molecule has 0 aromatic rings. The number of unbranched alkanes of at least 4 members (excludes halogenated alkanes) is 31. The normalized spacial score (nSPS) is 13.3. The maximum atomic E-state index is 13.1. The predicted octanol–water partition coefficient (Wildman–Crippen LogP) is 14.6. The van der Waals surface area contributed by atoms with Gasteiger partial charge < -0.3 is 20.3 Å². The van der Waals surface area contributed by atoms with Gasteiger partial charge in [0.25, 0.3) is 0 Å². The van der Waals surface area contributed by atoms with E-state index in [9.17, 15) is 19.8 Å². The third-order valence-electron chi connectivity index (χ3n) is 11.6. The molecule has 0 radical (unpaired) electrons. The number of aliphatic hydroxyl groups is 2. The average Bonchev–Trinajstić information content (AvgIpc) is 3.19. The van der Waals surface area contributed by atoms with Crippen LogP contribution in [0.2, 0.25) is 0 Å². The number of amides is 1. The van der Waals surface area contributed by atoms with E-state index in [1.54, 1.807) is 0 Å². The highest BCUT2D eigenvalue weighted by Gasteiger charge is 2.24. The molecule has 0 aliphatic carbocycles. The number of allylic oxidation sites excluding steroid dienone is 2. The zero-order valence-electron chi connectivity index (χ0n) is 37.8. The molecule has 1 amide bonds. The molecule has 6 heteroatoms. The lowest BCUT2D eigenvalue weighted by Gasteiger charge is -2.24. The van der Waals surface area contributed by atoms with Crippen molar-refractivity contribution in [1.82, 2.24) is 5.32 Å².